The molecule has 3 aliphatic rings. The molecule has 1 saturated carbocycles. The number of hydrogen-bond acceptors (Lipinski definition) is 4. The van der Waals surface area contributed by atoms with Crippen LogP contribution in [0.2, 0.25) is 0 Å². The van der Waals surface area contributed by atoms with Crippen LogP contribution in [-0.2, 0) is 14.3 Å². The summed E-state index contributed by atoms with van der Waals surface area (Å²) in [5, 5.41) is 11.7. The van der Waals surface area contributed by atoms with Crippen molar-refractivity contribution in [3.63, 3.8) is 0 Å². The predicted octanol–water partition coefficient (Wildman–Crippen LogP) is 3.87. The van der Waals surface area contributed by atoms with Gasteiger partial charge in [-0.1, -0.05) is 48.5 Å². The molecule has 2 aromatic carbocycles. The zero-order valence-electron chi connectivity index (χ0n) is 19.0. The summed E-state index contributed by atoms with van der Waals surface area (Å²) in [6.45, 7) is -0.224. The lowest BCUT2D eigenvalue weighted by Gasteiger charge is -2.33. The van der Waals surface area contributed by atoms with Crippen molar-refractivity contribution in [1.82, 2.24) is 10.2 Å². The summed E-state index contributed by atoms with van der Waals surface area (Å²) < 4.78 is 34.2. The number of nitrogens with zero attached hydrogens (tertiary/aromatic N) is 1. The minimum atomic E-state index is -3.30. The quantitative estimate of drug-likeness (QED) is 0.649. The van der Waals surface area contributed by atoms with Crippen molar-refractivity contribution in [3.8, 4) is 11.1 Å². The molecule has 2 N–H and O–H groups in total. The number of nitrogens with one attached hydrogen (secondary N) is 1. The molecular weight excluding hydrogens is 458 g/mol. The van der Waals surface area contributed by atoms with E-state index < -0.39 is 48.3 Å². The monoisotopic (exact) mass is 484 g/mol. The highest BCUT2D eigenvalue weighted by Crippen LogP contribution is 2.56. The average molecular weight is 484 g/mol. The van der Waals surface area contributed by atoms with Crippen LogP contribution in [0, 0.1) is 11.8 Å². The number of likely N-dealkylation sites (tertiary alicyclic amines) is 1. The van der Waals surface area contributed by atoms with Gasteiger partial charge in [0.15, 0.2) is 0 Å². The van der Waals surface area contributed by atoms with Crippen LogP contribution in [0.1, 0.15) is 36.3 Å². The lowest BCUT2D eigenvalue weighted by molar-refractivity contribution is -0.153. The number of rotatable bonds is 6. The van der Waals surface area contributed by atoms with E-state index in [2.05, 4.69) is 5.32 Å². The molecule has 0 bridgehead atoms. The van der Waals surface area contributed by atoms with Crippen LogP contribution in [0.15, 0.2) is 48.5 Å². The minimum absolute atomic E-state index is 0.0529. The third-order valence-corrected chi connectivity index (χ3v) is 7.35. The molecule has 5 rings (SSSR count). The van der Waals surface area contributed by atoms with Crippen LogP contribution in [-0.4, -0.2) is 59.6 Å². The molecule has 1 aliphatic heterocycles. The van der Waals surface area contributed by atoms with E-state index in [1.54, 1.807) is 0 Å². The maximum absolute atomic E-state index is 14.4. The Morgan fingerprint density at radius 1 is 1.03 bits per heavy atom. The summed E-state index contributed by atoms with van der Waals surface area (Å²) in [6.07, 6.45) is 0.634. The van der Waals surface area contributed by atoms with Gasteiger partial charge in [-0.05, 0) is 41.5 Å². The van der Waals surface area contributed by atoms with Crippen molar-refractivity contribution in [2.45, 2.75) is 37.1 Å². The number of halogens is 2. The number of hydrogen-bond donors (Lipinski definition) is 2. The van der Waals surface area contributed by atoms with Crippen LogP contribution in [0.5, 0.6) is 0 Å². The van der Waals surface area contributed by atoms with E-state index in [1.807, 2.05) is 48.5 Å². The summed E-state index contributed by atoms with van der Waals surface area (Å²) in [6, 6.07) is 14.6. The normalized spacial score (nSPS) is 24.3. The van der Waals surface area contributed by atoms with Gasteiger partial charge in [-0.15, -0.1) is 0 Å². The van der Waals surface area contributed by atoms with E-state index in [9.17, 15) is 28.3 Å². The fourth-order valence-corrected chi connectivity index (χ4v) is 5.45. The second kappa shape index (κ2) is 8.94. The number of alkyl carbamates (subject to hydrolysis) is 1. The highest BCUT2D eigenvalue weighted by atomic mass is 19.3. The van der Waals surface area contributed by atoms with Gasteiger partial charge in [-0.25, -0.2) is 18.4 Å². The minimum Gasteiger partial charge on any atom is -0.480 e. The molecule has 7 nitrogen and oxygen atoms in total. The highest BCUT2D eigenvalue weighted by Gasteiger charge is 2.72. The van der Waals surface area contributed by atoms with E-state index in [4.69, 9.17) is 4.74 Å². The molecule has 0 spiro atoms. The van der Waals surface area contributed by atoms with Gasteiger partial charge < -0.3 is 20.1 Å². The van der Waals surface area contributed by atoms with Crippen molar-refractivity contribution in [3.05, 3.63) is 59.7 Å². The van der Waals surface area contributed by atoms with Gasteiger partial charge in [-0.3, -0.25) is 4.79 Å². The Morgan fingerprint density at radius 3 is 2.29 bits per heavy atom. The summed E-state index contributed by atoms with van der Waals surface area (Å²) in [7, 11) is 0. The smallest absolute Gasteiger partial charge is 0.407 e. The van der Waals surface area contributed by atoms with E-state index in [-0.39, 0.29) is 25.5 Å². The summed E-state index contributed by atoms with van der Waals surface area (Å²) >= 11 is 0. The highest BCUT2D eigenvalue weighted by molar-refractivity contribution is 5.88. The number of benzene rings is 2. The predicted molar refractivity (Wildman–Crippen MR) is 122 cm³/mol. The molecule has 35 heavy (non-hydrogen) atoms. The van der Waals surface area contributed by atoms with Gasteiger partial charge in [0.2, 0.25) is 5.91 Å². The van der Waals surface area contributed by atoms with E-state index in [0.717, 1.165) is 27.2 Å². The van der Waals surface area contributed by atoms with Crippen LogP contribution in [0.3, 0.4) is 0 Å². The van der Waals surface area contributed by atoms with Crippen LogP contribution in [0.25, 0.3) is 11.1 Å². The van der Waals surface area contributed by atoms with E-state index in [0.29, 0.717) is 12.8 Å². The average Bonchev–Trinajstić information content (AvgIpc) is 3.26. The molecule has 2 aromatic rings. The van der Waals surface area contributed by atoms with Crippen molar-refractivity contribution in [1.29, 1.82) is 0 Å². The van der Waals surface area contributed by atoms with Gasteiger partial charge in [-0.2, -0.15) is 0 Å². The molecule has 0 radical (unpaired) electrons. The number of ether oxygens (including phenoxy) is 1. The number of amides is 2. The Hall–Kier alpha value is -3.49. The first-order valence-electron chi connectivity index (χ1n) is 11.8. The standard InChI is InChI=1S/C26H26F2N2O5/c27-26(28)20(22(26)23(31)30-12-6-5-11-21(30)24(32)33)13-29-25(34)35-14-19-17-9-3-1-7-15(17)16-8-2-4-10-18(16)19/h1-4,7-10,19-22H,5-6,11-14H2,(H,29,34)(H,32,33)/t20?,21-,22?/m1/s1. The zero-order valence-corrected chi connectivity index (χ0v) is 19.0. The van der Waals surface area contributed by atoms with Gasteiger partial charge in [0.1, 0.15) is 18.6 Å². The Balaban J connectivity index is 1.18. The number of carbonyl (C=O) groups is 3. The Bertz CT molecular complexity index is 1120. The fraction of sp³-hybridized carbons (Fsp3) is 0.423. The Labute approximate surface area is 201 Å². The SMILES string of the molecule is O=C(NCC1C(C(=O)N2CCCC[C@@H]2C(=O)O)C1(F)F)OCC1c2ccccc2-c2ccccc21. The Morgan fingerprint density at radius 2 is 1.66 bits per heavy atom. The second-order valence-corrected chi connectivity index (χ2v) is 9.35. The molecule has 2 unspecified atom stereocenters. The first-order valence-corrected chi connectivity index (χ1v) is 11.8. The number of fused-ring (bicyclic) bond motifs is 3. The maximum atomic E-state index is 14.4. The number of aliphatic carboxylic acids is 1. The van der Waals surface area contributed by atoms with Gasteiger partial charge >= 0.3 is 12.1 Å². The third-order valence-electron chi connectivity index (χ3n) is 7.35. The number of carbonyl (C=O) groups excluding carboxylic acids is 2. The van der Waals surface area contributed by atoms with Gasteiger partial charge in [0, 0.05) is 19.0 Å². The number of piperidine rings is 1. The van der Waals surface area contributed by atoms with Crippen LogP contribution < -0.4 is 5.32 Å². The van der Waals surface area contributed by atoms with Crippen molar-refractivity contribution < 1.29 is 33.0 Å². The first kappa shape index (κ1) is 23.3. The molecule has 3 atom stereocenters. The third kappa shape index (κ3) is 4.13. The fourth-order valence-electron chi connectivity index (χ4n) is 5.45. The van der Waals surface area contributed by atoms with E-state index in [1.165, 1.54) is 0 Å². The largest absolute Gasteiger partial charge is 0.480 e. The molecule has 0 aromatic heterocycles. The topological polar surface area (TPSA) is 95.9 Å². The lowest BCUT2D eigenvalue weighted by Crippen LogP contribution is -2.49. The van der Waals surface area contributed by atoms with Gasteiger partial charge in [0.05, 0.1) is 5.92 Å². The molecular formula is C26H26F2N2O5. The molecule has 1 saturated heterocycles. The number of carboxylic acids is 1. The molecule has 184 valence electrons. The van der Waals surface area contributed by atoms with Crippen molar-refractivity contribution in [2.24, 2.45) is 11.8 Å². The Kier molecular flexibility index (Phi) is 5.94. The summed E-state index contributed by atoms with van der Waals surface area (Å²) in [4.78, 5) is 37.6. The number of carboxylic acid groups (broad SMARTS) is 1. The summed E-state index contributed by atoms with van der Waals surface area (Å²) in [5.41, 5.74) is 4.23. The van der Waals surface area contributed by atoms with Crippen molar-refractivity contribution >= 4 is 18.0 Å². The maximum Gasteiger partial charge on any atom is 0.407 e. The van der Waals surface area contributed by atoms with Crippen molar-refractivity contribution in [2.75, 3.05) is 19.7 Å². The molecule has 2 amide bonds. The van der Waals surface area contributed by atoms with Gasteiger partial charge in [0.25, 0.3) is 5.92 Å². The van der Waals surface area contributed by atoms with Crippen LogP contribution in [0.4, 0.5) is 13.6 Å². The molecule has 9 heteroatoms. The lowest BCUT2D eigenvalue weighted by atomic mass is 9.98. The zero-order chi connectivity index (χ0) is 24.7. The molecule has 1 heterocycles. The molecule has 2 aliphatic carbocycles. The van der Waals surface area contributed by atoms with Crippen LogP contribution >= 0.6 is 0 Å². The van der Waals surface area contributed by atoms with E-state index >= 15 is 0 Å². The summed E-state index contributed by atoms with van der Waals surface area (Å²) in [5.74, 6) is -8.51. The molecule has 2 fully saturated rings. The first-order chi connectivity index (χ1) is 16.8. The second-order valence-electron chi connectivity index (χ2n) is 9.35. The number of alkyl halides is 2.